The first-order chi connectivity index (χ1) is 13.2. The summed E-state index contributed by atoms with van der Waals surface area (Å²) in [6.45, 7) is 7.13. The number of hydrogen-bond acceptors (Lipinski definition) is 5. The molecule has 8 nitrogen and oxygen atoms in total. The summed E-state index contributed by atoms with van der Waals surface area (Å²) in [5, 5.41) is 14.7. The van der Waals surface area contributed by atoms with Crippen LogP contribution < -0.4 is 20.1 Å². The van der Waals surface area contributed by atoms with Crippen molar-refractivity contribution in [1.29, 1.82) is 0 Å². The average Bonchev–Trinajstić information content (AvgIpc) is 3.15. The van der Waals surface area contributed by atoms with Gasteiger partial charge in [-0.2, -0.15) is 0 Å². The highest BCUT2D eigenvalue weighted by Crippen LogP contribution is 2.24. The molecule has 2 rings (SSSR count). The highest BCUT2D eigenvalue weighted by atomic mass is 127. The summed E-state index contributed by atoms with van der Waals surface area (Å²) in [4.78, 5) is 4.66. The van der Waals surface area contributed by atoms with Crippen molar-refractivity contribution in [3.63, 3.8) is 0 Å². The fourth-order valence-corrected chi connectivity index (χ4v) is 2.74. The van der Waals surface area contributed by atoms with Crippen LogP contribution in [0.25, 0.3) is 0 Å². The number of rotatable bonds is 10. The number of hydrogen-bond donors (Lipinski definition) is 2. The molecule has 0 radical (unpaired) electrons. The molecule has 1 aromatic carbocycles. The molecule has 0 unspecified atom stereocenters. The number of nitrogens with one attached hydrogen (secondary N) is 2. The summed E-state index contributed by atoms with van der Waals surface area (Å²) in [7, 11) is 3.34. The number of halogens is 1. The largest absolute Gasteiger partial charge is 0.497 e. The van der Waals surface area contributed by atoms with E-state index in [0.29, 0.717) is 6.54 Å². The van der Waals surface area contributed by atoms with Gasteiger partial charge in [0.15, 0.2) is 5.96 Å². The van der Waals surface area contributed by atoms with E-state index in [1.165, 1.54) is 0 Å². The van der Waals surface area contributed by atoms with E-state index >= 15 is 0 Å². The Bertz CT molecular complexity index is 735. The number of aryl methyl sites for hydroxylation is 1. The van der Waals surface area contributed by atoms with E-state index in [9.17, 15) is 0 Å². The molecule has 0 amide bonds. The summed E-state index contributed by atoms with van der Waals surface area (Å²) in [5.41, 5.74) is 1.08. The number of ether oxygens (including phenoxy) is 2. The van der Waals surface area contributed by atoms with Crippen molar-refractivity contribution in [3.8, 4) is 11.5 Å². The van der Waals surface area contributed by atoms with Gasteiger partial charge in [-0.25, -0.2) is 0 Å². The molecule has 0 aliphatic carbocycles. The number of aliphatic imine (C=N–C) groups is 1. The molecule has 0 atom stereocenters. The predicted octanol–water partition coefficient (Wildman–Crippen LogP) is 2.27. The van der Waals surface area contributed by atoms with Crippen molar-refractivity contribution in [2.45, 2.75) is 33.2 Å². The van der Waals surface area contributed by atoms with Gasteiger partial charge in [0.2, 0.25) is 0 Å². The molecule has 9 heteroatoms. The lowest BCUT2D eigenvalue weighted by Crippen LogP contribution is -2.39. The van der Waals surface area contributed by atoms with Gasteiger partial charge in [0, 0.05) is 32.6 Å². The molecule has 2 N–H and O–H groups in total. The lowest BCUT2D eigenvalue weighted by atomic mass is 10.1. The zero-order valence-corrected chi connectivity index (χ0v) is 19.4. The Hall–Kier alpha value is -2.04. The Morgan fingerprint density at radius 2 is 2.00 bits per heavy atom. The van der Waals surface area contributed by atoms with E-state index in [2.05, 4.69) is 44.2 Å². The monoisotopic (exact) mass is 502 g/mol. The maximum atomic E-state index is 5.43. The van der Waals surface area contributed by atoms with E-state index in [1.807, 2.05) is 18.2 Å². The summed E-state index contributed by atoms with van der Waals surface area (Å²) in [6.07, 6.45) is 3.40. The molecule has 0 aliphatic rings. The first kappa shape index (κ1) is 24.0. The first-order valence-electron chi connectivity index (χ1n) is 9.31. The van der Waals surface area contributed by atoms with Crippen molar-refractivity contribution in [2.24, 2.45) is 4.99 Å². The molecule has 1 heterocycles. The standard InChI is InChI=1S/C19H30N6O2.HI/c1-5-18-24-23-14-25(18)12-11-22-19(20-6-2)21-10-9-15-13-16(26-3)7-8-17(15)27-4;/h7-8,13-14H,5-6,9-12H2,1-4H3,(H2,20,21,22);1H. The summed E-state index contributed by atoms with van der Waals surface area (Å²) >= 11 is 0. The minimum absolute atomic E-state index is 0. The zero-order valence-electron chi connectivity index (χ0n) is 17.1. The molecule has 0 saturated heterocycles. The number of nitrogens with zero attached hydrogens (tertiary/aromatic N) is 4. The van der Waals surface area contributed by atoms with Gasteiger partial charge in [0.05, 0.1) is 14.2 Å². The van der Waals surface area contributed by atoms with Crippen LogP contribution in [-0.2, 0) is 19.4 Å². The Morgan fingerprint density at radius 1 is 1.18 bits per heavy atom. The van der Waals surface area contributed by atoms with Gasteiger partial charge in [0.25, 0.3) is 0 Å². The van der Waals surface area contributed by atoms with Crippen molar-refractivity contribution in [1.82, 2.24) is 25.4 Å². The molecule has 0 aliphatic heterocycles. The van der Waals surface area contributed by atoms with E-state index in [1.54, 1.807) is 20.5 Å². The van der Waals surface area contributed by atoms with Crippen molar-refractivity contribution in [3.05, 3.63) is 35.9 Å². The fraction of sp³-hybridized carbons (Fsp3) is 0.526. The van der Waals surface area contributed by atoms with E-state index < -0.39 is 0 Å². The predicted molar refractivity (Wildman–Crippen MR) is 122 cm³/mol. The second-order valence-corrected chi connectivity index (χ2v) is 5.91. The van der Waals surface area contributed by atoms with Crippen molar-refractivity contribution >= 4 is 29.9 Å². The van der Waals surface area contributed by atoms with Gasteiger partial charge in [0.1, 0.15) is 23.7 Å². The van der Waals surface area contributed by atoms with E-state index in [-0.39, 0.29) is 24.0 Å². The number of guanidine groups is 1. The van der Waals surface area contributed by atoms with Gasteiger partial charge in [-0.05, 0) is 37.1 Å². The summed E-state index contributed by atoms with van der Waals surface area (Å²) < 4.78 is 12.8. The van der Waals surface area contributed by atoms with Crippen LogP contribution in [0.4, 0.5) is 0 Å². The van der Waals surface area contributed by atoms with Gasteiger partial charge >= 0.3 is 0 Å². The van der Waals surface area contributed by atoms with Crippen LogP contribution in [0.15, 0.2) is 29.5 Å². The SMILES string of the molecule is CCNC(=NCCc1cc(OC)ccc1OC)NCCn1cnnc1CC.I. The zero-order chi connectivity index (χ0) is 19.5. The summed E-state index contributed by atoms with van der Waals surface area (Å²) in [6, 6.07) is 5.81. The molecular formula is C19H31IN6O2. The highest BCUT2D eigenvalue weighted by Gasteiger charge is 2.06. The number of methoxy groups -OCH3 is 2. The average molecular weight is 502 g/mol. The lowest BCUT2D eigenvalue weighted by Gasteiger charge is -2.13. The second kappa shape index (κ2) is 13.2. The normalized spacial score (nSPS) is 10.9. The first-order valence-corrected chi connectivity index (χ1v) is 9.31. The maximum Gasteiger partial charge on any atom is 0.191 e. The minimum Gasteiger partial charge on any atom is -0.497 e. The Kier molecular flexibility index (Phi) is 11.3. The van der Waals surface area contributed by atoms with Gasteiger partial charge in [-0.1, -0.05) is 6.92 Å². The molecule has 0 fully saturated rings. The maximum absolute atomic E-state index is 5.43. The fourth-order valence-electron chi connectivity index (χ4n) is 2.74. The van der Waals surface area contributed by atoms with Gasteiger partial charge < -0.3 is 24.7 Å². The quantitative estimate of drug-likeness (QED) is 0.295. The molecule has 0 saturated carbocycles. The van der Waals surface area contributed by atoms with Crippen LogP contribution >= 0.6 is 24.0 Å². The van der Waals surface area contributed by atoms with E-state index in [0.717, 1.165) is 61.3 Å². The van der Waals surface area contributed by atoms with Gasteiger partial charge in [-0.3, -0.25) is 4.99 Å². The molecule has 0 spiro atoms. The molecule has 0 bridgehead atoms. The Labute approximate surface area is 184 Å². The highest BCUT2D eigenvalue weighted by molar-refractivity contribution is 14.0. The molecule has 1 aromatic heterocycles. The molecular weight excluding hydrogens is 471 g/mol. The minimum atomic E-state index is 0. The number of aromatic nitrogens is 3. The lowest BCUT2D eigenvalue weighted by molar-refractivity contribution is 0.399. The Balaban J connectivity index is 0.00000392. The van der Waals surface area contributed by atoms with Crippen LogP contribution in [0.3, 0.4) is 0 Å². The van der Waals surface area contributed by atoms with Crippen LogP contribution in [0.2, 0.25) is 0 Å². The van der Waals surface area contributed by atoms with Crippen LogP contribution in [-0.4, -0.2) is 54.6 Å². The third kappa shape index (κ3) is 7.17. The third-order valence-corrected chi connectivity index (χ3v) is 4.14. The molecule has 2 aromatic rings. The number of benzene rings is 1. The summed E-state index contributed by atoms with van der Waals surface area (Å²) in [5.74, 6) is 3.46. The van der Waals surface area contributed by atoms with Crippen LogP contribution in [0.1, 0.15) is 25.2 Å². The van der Waals surface area contributed by atoms with Crippen molar-refractivity contribution < 1.29 is 9.47 Å². The van der Waals surface area contributed by atoms with Crippen LogP contribution in [0.5, 0.6) is 11.5 Å². The van der Waals surface area contributed by atoms with Crippen LogP contribution in [0, 0.1) is 0 Å². The topological polar surface area (TPSA) is 85.6 Å². The second-order valence-electron chi connectivity index (χ2n) is 5.91. The molecule has 156 valence electrons. The smallest absolute Gasteiger partial charge is 0.191 e. The van der Waals surface area contributed by atoms with Crippen molar-refractivity contribution in [2.75, 3.05) is 33.9 Å². The van der Waals surface area contributed by atoms with Gasteiger partial charge in [-0.15, -0.1) is 34.2 Å². The molecule has 28 heavy (non-hydrogen) atoms. The Morgan fingerprint density at radius 3 is 2.68 bits per heavy atom. The third-order valence-electron chi connectivity index (χ3n) is 4.14. The van der Waals surface area contributed by atoms with E-state index in [4.69, 9.17) is 9.47 Å².